The van der Waals surface area contributed by atoms with Gasteiger partial charge < -0.3 is 5.32 Å². The molecule has 0 unspecified atom stereocenters. The van der Waals surface area contributed by atoms with Crippen molar-refractivity contribution in [2.45, 2.75) is 19.9 Å². The number of rotatable bonds is 4. The number of carbonyl (C=O) groups excluding carboxylic acids is 1. The highest BCUT2D eigenvalue weighted by Crippen LogP contribution is 2.17. The van der Waals surface area contributed by atoms with E-state index in [1.54, 1.807) is 3.96 Å². The SMILES string of the molecule is Cc1csc(NC(=O)CCn2sc3ccccc3c2=O)n1. The predicted molar refractivity (Wildman–Crippen MR) is 86.2 cm³/mol. The van der Waals surface area contributed by atoms with E-state index in [9.17, 15) is 9.59 Å². The molecule has 2 aromatic heterocycles. The number of anilines is 1. The van der Waals surface area contributed by atoms with Crippen LogP contribution < -0.4 is 10.9 Å². The van der Waals surface area contributed by atoms with Gasteiger partial charge in [0.05, 0.1) is 15.8 Å². The van der Waals surface area contributed by atoms with Gasteiger partial charge in [-0.15, -0.1) is 11.3 Å². The van der Waals surface area contributed by atoms with Crippen LogP contribution in [0.1, 0.15) is 12.1 Å². The topological polar surface area (TPSA) is 64.0 Å². The normalized spacial score (nSPS) is 10.9. The zero-order valence-electron chi connectivity index (χ0n) is 11.3. The first-order valence-electron chi connectivity index (χ1n) is 6.44. The van der Waals surface area contributed by atoms with Gasteiger partial charge in [0.25, 0.3) is 5.56 Å². The molecule has 2 heterocycles. The second-order valence-electron chi connectivity index (χ2n) is 4.59. The fourth-order valence-corrected chi connectivity index (χ4v) is 3.66. The molecule has 0 saturated carbocycles. The Morgan fingerprint density at radius 2 is 2.19 bits per heavy atom. The predicted octanol–water partition coefficient (Wildman–Crippen LogP) is 2.86. The molecule has 0 aliphatic rings. The van der Waals surface area contributed by atoms with Gasteiger partial charge in [0.2, 0.25) is 5.91 Å². The Kier molecular flexibility index (Phi) is 3.85. The molecule has 0 radical (unpaired) electrons. The molecule has 3 rings (SSSR count). The summed E-state index contributed by atoms with van der Waals surface area (Å²) in [5, 5.41) is 5.93. The van der Waals surface area contributed by atoms with E-state index in [0.717, 1.165) is 10.4 Å². The lowest BCUT2D eigenvalue weighted by molar-refractivity contribution is -0.116. The highest BCUT2D eigenvalue weighted by molar-refractivity contribution is 7.14. The molecule has 1 amide bonds. The monoisotopic (exact) mass is 319 g/mol. The zero-order valence-corrected chi connectivity index (χ0v) is 13.0. The van der Waals surface area contributed by atoms with E-state index in [1.165, 1.54) is 22.9 Å². The molecular weight excluding hydrogens is 306 g/mol. The Labute approximate surface area is 129 Å². The highest BCUT2D eigenvalue weighted by Gasteiger charge is 2.10. The van der Waals surface area contributed by atoms with Crippen LogP contribution in [0.2, 0.25) is 0 Å². The van der Waals surface area contributed by atoms with Crippen molar-refractivity contribution in [1.29, 1.82) is 0 Å². The van der Waals surface area contributed by atoms with Gasteiger partial charge >= 0.3 is 0 Å². The van der Waals surface area contributed by atoms with Crippen LogP contribution >= 0.6 is 22.9 Å². The van der Waals surface area contributed by atoms with Gasteiger partial charge in [-0.25, -0.2) is 4.98 Å². The van der Waals surface area contributed by atoms with Crippen LogP contribution in [0.25, 0.3) is 10.1 Å². The van der Waals surface area contributed by atoms with E-state index in [2.05, 4.69) is 10.3 Å². The maximum absolute atomic E-state index is 12.1. The third-order valence-corrected chi connectivity index (χ3v) is 4.96. The van der Waals surface area contributed by atoms with E-state index in [0.29, 0.717) is 17.1 Å². The summed E-state index contributed by atoms with van der Waals surface area (Å²) in [5.74, 6) is -0.131. The standard InChI is InChI=1S/C14H13N3O2S2/c1-9-8-20-14(15-9)16-12(18)6-7-17-13(19)10-4-2-3-5-11(10)21-17/h2-5,8H,6-7H2,1H3,(H,15,16,18). The number of aryl methyl sites for hydroxylation is 2. The molecule has 0 fully saturated rings. The minimum absolute atomic E-state index is 0.0338. The van der Waals surface area contributed by atoms with Crippen LogP contribution in [0.5, 0.6) is 0 Å². The summed E-state index contributed by atoms with van der Waals surface area (Å²) in [6.45, 7) is 2.26. The van der Waals surface area contributed by atoms with Gasteiger partial charge in [-0.1, -0.05) is 23.7 Å². The number of aromatic nitrogens is 2. The second-order valence-corrected chi connectivity index (χ2v) is 6.51. The zero-order chi connectivity index (χ0) is 14.8. The molecule has 0 spiro atoms. The average molecular weight is 319 g/mol. The maximum Gasteiger partial charge on any atom is 0.268 e. The molecule has 0 aliphatic carbocycles. The Morgan fingerprint density at radius 3 is 2.90 bits per heavy atom. The first-order chi connectivity index (χ1) is 10.1. The Balaban J connectivity index is 1.67. The van der Waals surface area contributed by atoms with Crippen molar-refractivity contribution in [2.75, 3.05) is 5.32 Å². The number of hydrogen-bond donors (Lipinski definition) is 1. The van der Waals surface area contributed by atoms with Gasteiger partial charge in [0.15, 0.2) is 5.13 Å². The van der Waals surface area contributed by atoms with Crippen LogP contribution in [0, 0.1) is 6.92 Å². The number of carbonyl (C=O) groups is 1. The van der Waals surface area contributed by atoms with E-state index in [-0.39, 0.29) is 17.9 Å². The van der Waals surface area contributed by atoms with Gasteiger partial charge in [0, 0.05) is 18.3 Å². The maximum atomic E-state index is 12.1. The van der Waals surface area contributed by atoms with Crippen LogP contribution in [-0.4, -0.2) is 14.8 Å². The quantitative estimate of drug-likeness (QED) is 0.804. The number of thiazole rings is 1. The summed E-state index contributed by atoms with van der Waals surface area (Å²) >= 11 is 2.78. The van der Waals surface area contributed by atoms with Gasteiger partial charge in [-0.05, 0) is 19.1 Å². The molecule has 7 heteroatoms. The number of hydrogen-bond acceptors (Lipinski definition) is 5. The largest absolute Gasteiger partial charge is 0.302 e. The highest BCUT2D eigenvalue weighted by atomic mass is 32.1. The molecule has 0 aliphatic heterocycles. The molecule has 0 atom stereocenters. The van der Waals surface area contributed by atoms with Crippen molar-refractivity contribution in [3.8, 4) is 0 Å². The molecular formula is C14H13N3O2S2. The molecule has 1 N–H and O–H groups in total. The Morgan fingerprint density at radius 1 is 1.38 bits per heavy atom. The molecule has 21 heavy (non-hydrogen) atoms. The lowest BCUT2D eigenvalue weighted by atomic mass is 10.3. The number of fused-ring (bicyclic) bond motifs is 1. The number of benzene rings is 1. The minimum atomic E-state index is -0.131. The van der Waals surface area contributed by atoms with Crippen LogP contribution in [0.4, 0.5) is 5.13 Å². The van der Waals surface area contributed by atoms with Gasteiger partial charge in [-0.3, -0.25) is 13.5 Å². The summed E-state index contributed by atoms with van der Waals surface area (Å²) in [5.41, 5.74) is 0.851. The molecule has 0 bridgehead atoms. The summed E-state index contributed by atoms with van der Waals surface area (Å²) in [7, 11) is 0. The fraction of sp³-hybridized carbons (Fsp3) is 0.214. The molecule has 1 aromatic carbocycles. The minimum Gasteiger partial charge on any atom is -0.302 e. The number of nitrogens with one attached hydrogen (secondary N) is 1. The molecule has 5 nitrogen and oxygen atoms in total. The molecule has 108 valence electrons. The van der Waals surface area contributed by atoms with Gasteiger partial charge in [-0.2, -0.15) is 0 Å². The van der Waals surface area contributed by atoms with Crippen molar-refractivity contribution in [2.24, 2.45) is 0 Å². The van der Waals surface area contributed by atoms with Crippen molar-refractivity contribution in [1.82, 2.24) is 8.94 Å². The van der Waals surface area contributed by atoms with Crippen molar-refractivity contribution in [3.63, 3.8) is 0 Å². The van der Waals surface area contributed by atoms with E-state index in [4.69, 9.17) is 0 Å². The van der Waals surface area contributed by atoms with Crippen LogP contribution in [0.15, 0.2) is 34.4 Å². The summed E-state index contributed by atoms with van der Waals surface area (Å²) < 4.78 is 2.57. The number of amides is 1. The lowest BCUT2D eigenvalue weighted by Gasteiger charge is -2.01. The third kappa shape index (κ3) is 3.03. The summed E-state index contributed by atoms with van der Waals surface area (Å²) in [6.07, 6.45) is 0.255. The summed E-state index contributed by atoms with van der Waals surface area (Å²) in [6, 6.07) is 7.47. The molecule has 3 aromatic rings. The van der Waals surface area contributed by atoms with Crippen LogP contribution in [-0.2, 0) is 11.3 Å². The molecule has 0 saturated heterocycles. The number of nitrogens with zero attached hydrogens (tertiary/aromatic N) is 2. The first-order valence-corrected chi connectivity index (χ1v) is 8.09. The average Bonchev–Trinajstić information content (AvgIpc) is 3.01. The fourth-order valence-electron chi connectivity index (χ4n) is 1.96. The van der Waals surface area contributed by atoms with Crippen molar-refractivity contribution in [3.05, 3.63) is 45.7 Å². The Bertz CT molecular complexity index is 847. The van der Waals surface area contributed by atoms with E-state index < -0.39 is 0 Å². The van der Waals surface area contributed by atoms with E-state index >= 15 is 0 Å². The summed E-state index contributed by atoms with van der Waals surface area (Å²) in [4.78, 5) is 28.2. The van der Waals surface area contributed by atoms with E-state index in [1.807, 2.05) is 36.6 Å². The lowest BCUT2D eigenvalue weighted by Crippen LogP contribution is -2.18. The third-order valence-electron chi connectivity index (χ3n) is 2.96. The Hall–Kier alpha value is -1.99. The second kappa shape index (κ2) is 5.79. The smallest absolute Gasteiger partial charge is 0.268 e. The van der Waals surface area contributed by atoms with Crippen LogP contribution in [0.3, 0.4) is 0 Å². The van der Waals surface area contributed by atoms with Crippen molar-refractivity contribution < 1.29 is 4.79 Å². The van der Waals surface area contributed by atoms with Crippen molar-refractivity contribution >= 4 is 44.0 Å². The first kappa shape index (κ1) is 14.0. The van der Waals surface area contributed by atoms with Gasteiger partial charge in [0.1, 0.15) is 0 Å².